The summed E-state index contributed by atoms with van der Waals surface area (Å²) >= 11 is 5.95. The minimum Gasteiger partial charge on any atom is -0.277 e. The van der Waals surface area contributed by atoms with Crippen LogP contribution in [0.1, 0.15) is 17.3 Å². The molecule has 2 aromatic carbocycles. The molecule has 0 aliphatic rings. The second kappa shape index (κ2) is 7.42. The third-order valence-electron chi connectivity index (χ3n) is 3.87. The smallest absolute Gasteiger partial charge is 0.271 e. The van der Waals surface area contributed by atoms with Gasteiger partial charge in [-0.05, 0) is 25.1 Å². The Balaban J connectivity index is 1.87. The van der Waals surface area contributed by atoms with Crippen molar-refractivity contribution in [2.75, 3.05) is 5.43 Å². The zero-order chi connectivity index (χ0) is 19.6. The van der Waals surface area contributed by atoms with Gasteiger partial charge < -0.3 is 0 Å². The first-order chi connectivity index (χ1) is 12.9. The molecule has 0 spiro atoms. The molecular weight excluding hydrogens is 374 g/mol. The van der Waals surface area contributed by atoms with E-state index in [0.29, 0.717) is 17.4 Å². The molecule has 1 heterocycles. The highest BCUT2D eigenvalue weighted by Gasteiger charge is 2.16. The summed E-state index contributed by atoms with van der Waals surface area (Å²) < 4.78 is 1.38. The van der Waals surface area contributed by atoms with E-state index in [1.807, 2.05) is 0 Å². The normalized spacial score (nSPS) is 10.6. The number of carbonyl (C=O) groups excluding carboxylic acids is 1. The van der Waals surface area contributed by atoms with Gasteiger partial charge in [0.1, 0.15) is 0 Å². The van der Waals surface area contributed by atoms with Crippen LogP contribution in [0.2, 0.25) is 5.02 Å². The highest BCUT2D eigenvalue weighted by Crippen LogP contribution is 2.22. The number of hydrazine groups is 1. The van der Waals surface area contributed by atoms with Crippen LogP contribution in [0.4, 0.5) is 11.6 Å². The second-order valence-corrected chi connectivity index (χ2v) is 5.91. The molecule has 0 aliphatic carbocycles. The number of rotatable bonds is 5. The van der Waals surface area contributed by atoms with E-state index in [2.05, 4.69) is 15.8 Å². The summed E-state index contributed by atoms with van der Waals surface area (Å²) in [5.74, 6) is -0.465. The van der Waals surface area contributed by atoms with E-state index in [0.717, 1.165) is 6.07 Å². The van der Waals surface area contributed by atoms with Gasteiger partial charge in [-0.15, -0.1) is 0 Å². The lowest BCUT2D eigenvalue weighted by molar-refractivity contribution is -0.384. The number of anilines is 1. The van der Waals surface area contributed by atoms with Crippen molar-refractivity contribution < 1.29 is 9.72 Å². The van der Waals surface area contributed by atoms with E-state index in [1.165, 1.54) is 16.7 Å². The van der Waals surface area contributed by atoms with Crippen LogP contribution in [0.15, 0.2) is 47.3 Å². The Hall–Kier alpha value is -3.46. The van der Waals surface area contributed by atoms with Crippen molar-refractivity contribution in [1.82, 2.24) is 15.0 Å². The van der Waals surface area contributed by atoms with E-state index in [9.17, 15) is 19.7 Å². The third kappa shape index (κ3) is 3.58. The topological polar surface area (TPSA) is 119 Å². The van der Waals surface area contributed by atoms with Crippen LogP contribution in [0.5, 0.6) is 0 Å². The highest BCUT2D eigenvalue weighted by atomic mass is 35.5. The third-order valence-corrected chi connectivity index (χ3v) is 4.19. The largest absolute Gasteiger partial charge is 0.277 e. The van der Waals surface area contributed by atoms with Crippen molar-refractivity contribution in [3.63, 3.8) is 0 Å². The quantitative estimate of drug-likeness (QED) is 0.513. The highest BCUT2D eigenvalue weighted by molar-refractivity contribution is 6.34. The summed E-state index contributed by atoms with van der Waals surface area (Å²) in [6.45, 7) is 2.12. The van der Waals surface area contributed by atoms with Crippen LogP contribution in [-0.4, -0.2) is 20.4 Å². The molecule has 0 atom stereocenters. The van der Waals surface area contributed by atoms with Crippen LogP contribution in [0.25, 0.3) is 10.9 Å². The number of halogens is 1. The van der Waals surface area contributed by atoms with E-state index in [1.54, 1.807) is 31.2 Å². The summed E-state index contributed by atoms with van der Waals surface area (Å²) in [4.78, 5) is 39.3. The standard InChI is InChI=1S/C17H14ClN5O4/c1-2-22-16(25)12-5-3-4-6-14(12)19-17(22)21-20-15(24)11-8-7-10(23(26)27)9-13(11)18/h3-9H,2H2,1H3,(H,19,21)(H,20,24). The first-order valence-electron chi connectivity index (χ1n) is 7.92. The van der Waals surface area contributed by atoms with Gasteiger partial charge in [-0.1, -0.05) is 23.7 Å². The molecule has 27 heavy (non-hydrogen) atoms. The minimum absolute atomic E-state index is 0.0425. The van der Waals surface area contributed by atoms with Gasteiger partial charge in [0.25, 0.3) is 17.2 Å². The molecule has 138 valence electrons. The van der Waals surface area contributed by atoms with Gasteiger partial charge in [-0.25, -0.2) is 4.98 Å². The van der Waals surface area contributed by atoms with Crippen molar-refractivity contribution in [2.45, 2.75) is 13.5 Å². The molecule has 9 nitrogen and oxygen atoms in total. The monoisotopic (exact) mass is 387 g/mol. The zero-order valence-corrected chi connectivity index (χ0v) is 14.9. The fourth-order valence-corrected chi connectivity index (χ4v) is 2.80. The molecule has 3 rings (SSSR count). The van der Waals surface area contributed by atoms with Crippen LogP contribution >= 0.6 is 11.6 Å². The maximum absolute atomic E-state index is 12.5. The molecule has 10 heteroatoms. The number of amides is 1. The van der Waals surface area contributed by atoms with Gasteiger partial charge >= 0.3 is 0 Å². The van der Waals surface area contributed by atoms with Crippen LogP contribution in [0.3, 0.4) is 0 Å². The van der Waals surface area contributed by atoms with E-state index in [4.69, 9.17) is 11.6 Å². The Labute approximate surface area is 157 Å². The Morgan fingerprint density at radius 1 is 1.30 bits per heavy atom. The van der Waals surface area contributed by atoms with Gasteiger partial charge in [0.15, 0.2) is 0 Å². The number of benzene rings is 2. The van der Waals surface area contributed by atoms with Gasteiger partial charge in [0, 0.05) is 18.7 Å². The number of nitrogens with one attached hydrogen (secondary N) is 2. The van der Waals surface area contributed by atoms with E-state index >= 15 is 0 Å². The SMILES string of the molecule is CCn1c(NNC(=O)c2ccc([N+](=O)[O-])cc2Cl)nc2ccccc2c1=O. The Morgan fingerprint density at radius 2 is 2.04 bits per heavy atom. The molecule has 0 aliphatic heterocycles. The molecule has 0 fully saturated rings. The number of para-hydroxylation sites is 1. The van der Waals surface area contributed by atoms with Gasteiger partial charge in [-0.2, -0.15) is 0 Å². The summed E-state index contributed by atoms with van der Waals surface area (Å²) in [6, 6.07) is 10.4. The summed E-state index contributed by atoms with van der Waals surface area (Å²) in [5.41, 5.74) is 5.09. The fourth-order valence-electron chi connectivity index (χ4n) is 2.54. The summed E-state index contributed by atoms with van der Waals surface area (Å²) in [5, 5.41) is 11.1. The predicted molar refractivity (Wildman–Crippen MR) is 101 cm³/mol. The number of non-ortho nitro benzene ring substituents is 1. The first-order valence-corrected chi connectivity index (χ1v) is 8.30. The maximum atomic E-state index is 12.5. The lowest BCUT2D eigenvalue weighted by atomic mass is 10.2. The van der Waals surface area contributed by atoms with Crippen molar-refractivity contribution >= 4 is 40.0 Å². The lowest BCUT2D eigenvalue weighted by Gasteiger charge is -2.14. The van der Waals surface area contributed by atoms with E-state index < -0.39 is 10.8 Å². The number of hydrogen-bond donors (Lipinski definition) is 2. The zero-order valence-electron chi connectivity index (χ0n) is 14.1. The summed E-state index contributed by atoms with van der Waals surface area (Å²) in [6.07, 6.45) is 0. The molecule has 2 N–H and O–H groups in total. The van der Waals surface area contributed by atoms with Gasteiger partial charge in [-0.3, -0.25) is 35.1 Å². The Bertz CT molecular complexity index is 1110. The number of nitro groups is 1. The number of hydrogen-bond acceptors (Lipinski definition) is 6. The first kappa shape index (κ1) is 18.3. The van der Waals surface area contributed by atoms with Crippen LogP contribution < -0.4 is 16.4 Å². The molecular formula is C17H14ClN5O4. The predicted octanol–water partition coefficient (Wildman–Crippen LogP) is 2.73. The number of aromatic nitrogens is 2. The number of fused-ring (bicyclic) bond motifs is 1. The fraction of sp³-hybridized carbons (Fsp3) is 0.118. The maximum Gasteiger partial charge on any atom is 0.271 e. The molecule has 0 radical (unpaired) electrons. The summed E-state index contributed by atoms with van der Waals surface area (Å²) in [7, 11) is 0. The average molecular weight is 388 g/mol. The van der Waals surface area contributed by atoms with Gasteiger partial charge in [0.05, 0.1) is 26.4 Å². The molecule has 1 aromatic heterocycles. The lowest BCUT2D eigenvalue weighted by Crippen LogP contribution is -2.34. The number of nitrogens with zero attached hydrogens (tertiary/aromatic N) is 3. The van der Waals surface area contributed by atoms with Crippen LogP contribution in [0, 0.1) is 10.1 Å². The molecule has 3 aromatic rings. The van der Waals surface area contributed by atoms with Crippen molar-refractivity contribution in [3.05, 3.63) is 73.5 Å². The van der Waals surface area contributed by atoms with Crippen molar-refractivity contribution in [2.24, 2.45) is 0 Å². The van der Waals surface area contributed by atoms with Crippen LogP contribution in [-0.2, 0) is 6.54 Å². The molecule has 0 unspecified atom stereocenters. The molecule has 1 amide bonds. The average Bonchev–Trinajstić information content (AvgIpc) is 2.66. The second-order valence-electron chi connectivity index (χ2n) is 5.50. The Kier molecular flexibility index (Phi) is 5.04. The van der Waals surface area contributed by atoms with Gasteiger partial charge in [0.2, 0.25) is 5.95 Å². The number of carbonyl (C=O) groups is 1. The minimum atomic E-state index is -0.625. The molecule has 0 saturated heterocycles. The molecule has 0 saturated carbocycles. The molecule has 0 bridgehead atoms. The van der Waals surface area contributed by atoms with Crippen molar-refractivity contribution in [3.8, 4) is 0 Å². The number of nitro benzene ring substituents is 1. The van der Waals surface area contributed by atoms with Crippen molar-refractivity contribution in [1.29, 1.82) is 0 Å². The van der Waals surface area contributed by atoms with E-state index in [-0.39, 0.29) is 27.8 Å². The Morgan fingerprint density at radius 3 is 2.70 bits per heavy atom.